The molecule has 3 saturated heterocycles. The molecule has 2 bridgehead atoms. The lowest BCUT2D eigenvalue weighted by Gasteiger charge is -2.41. The van der Waals surface area contributed by atoms with Gasteiger partial charge in [0.2, 0.25) is 11.8 Å². The fourth-order valence-electron chi connectivity index (χ4n) is 5.39. The summed E-state index contributed by atoms with van der Waals surface area (Å²) in [7, 11) is 0. The second-order valence-corrected chi connectivity index (χ2v) is 8.97. The topological polar surface area (TPSA) is 72.0 Å². The number of carbonyl (C=O) groups excluding carboxylic acids is 2. The summed E-state index contributed by atoms with van der Waals surface area (Å²) in [5.74, 6) is 0.472. The van der Waals surface area contributed by atoms with E-state index in [0.29, 0.717) is 31.3 Å². The van der Waals surface area contributed by atoms with Crippen LogP contribution in [0.2, 0.25) is 0 Å². The van der Waals surface area contributed by atoms with Crippen LogP contribution in [-0.2, 0) is 14.3 Å². The Hall–Kier alpha value is -2.41. The minimum Gasteiger partial charge on any atom is -0.485 e. The van der Waals surface area contributed by atoms with Gasteiger partial charge in [-0.3, -0.25) is 14.6 Å². The second kappa shape index (κ2) is 7.38. The highest BCUT2D eigenvalue weighted by atomic mass is 16.5. The normalized spacial score (nSPS) is 32.1. The van der Waals surface area contributed by atoms with Crippen molar-refractivity contribution in [2.75, 3.05) is 26.2 Å². The van der Waals surface area contributed by atoms with E-state index in [2.05, 4.69) is 18.8 Å². The van der Waals surface area contributed by atoms with E-state index < -0.39 is 17.4 Å². The summed E-state index contributed by atoms with van der Waals surface area (Å²) in [6.07, 6.45) is 9.16. The predicted molar refractivity (Wildman–Crippen MR) is 110 cm³/mol. The van der Waals surface area contributed by atoms with Gasteiger partial charge < -0.3 is 19.3 Å². The van der Waals surface area contributed by atoms with Gasteiger partial charge in [0.05, 0.1) is 43.8 Å². The van der Waals surface area contributed by atoms with E-state index in [1.54, 1.807) is 17.3 Å². The molecule has 4 atom stereocenters. The number of ether oxygens (including phenoxy) is 2. The molecule has 0 unspecified atom stereocenters. The number of carbonyl (C=O) groups is 2. The van der Waals surface area contributed by atoms with Crippen molar-refractivity contribution in [2.24, 2.45) is 17.8 Å². The monoisotopic (exact) mass is 411 g/mol. The molecule has 4 aliphatic rings. The fourth-order valence-corrected chi connectivity index (χ4v) is 5.39. The van der Waals surface area contributed by atoms with Gasteiger partial charge in [-0.1, -0.05) is 38.8 Å². The van der Waals surface area contributed by atoms with Gasteiger partial charge >= 0.3 is 0 Å². The maximum Gasteiger partial charge on any atom is 0.230 e. The number of nitrogens with zero attached hydrogens (tertiary/aromatic N) is 3. The van der Waals surface area contributed by atoms with Crippen molar-refractivity contribution in [3.63, 3.8) is 0 Å². The molecule has 1 aromatic rings. The Morgan fingerprint density at radius 2 is 2.17 bits per heavy atom. The van der Waals surface area contributed by atoms with Gasteiger partial charge in [0.25, 0.3) is 0 Å². The van der Waals surface area contributed by atoms with Gasteiger partial charge in [-0.2, -0.15) is 0 Å². The third kappa shape index (κ3) is 3.02. The number of amides is 2. The van der Waals surface area contributed by atoms with E-state index in [1.807, 2.05) is 29.2 Å². The number of fused-ring (bicyclic) bond motifs is 1. The molecule has 1 aromatic heterocycles. The molecule has 30 heavy (non-hydrogen) atoms. The van der Waals surface area contributed by atoms with E-state index in [4.69, 9.17) is 9.47 Å². The van der Waals surface area contributed by atoms with Crippen molar-refractivity contribution in [3.05, 3.63) is 36.7 Å². The van der Waals surface area contributed by atoms with E-state index in [1.165, 1.54) is 0 Å². The van der Waals surface area contributed by atoms with Crippen LogP contribution < -0.4 is 4.74 Å². The van der Waals surface area contributed by atoms with E-state index >= 15 is 0 Å². The summed E-state index contributed by atoms with van der Waals surface area (Å²) in [4.78, 5) is 34.4. The molecule has 7 heteroatoms. The van der Waals surface area contributed by atoms with Gasteiger partial charge in [0.15, 0.2) is 0 Å². The van der Waals surface area contributed by atoms with Crippen LogP contribution in [0.5, 0.6) is 5.75 Å². The summed E-state index contributed by atoms with van der Waals surface area (Å²) in [5, 5.41) is 0. The van der Waals surface area contributed by atoms with E-state index in [9.17, 15) is 9.59 Å². The maximum absolute atomic E-state index is 13.3. The summed E-state index contributed by atoms with van der Waals surface area (Å²) in [6.45, 7) is 6.71. The van der Waals surface area contributed by atoms with Crippen LogP contribution in [0, 0.1) is 17.8 Å². The standard InChI is InChI=1S/C23H29N3O4/c1-3-15(4-2)11-26-14-23-8-7-18(30-23)19(20(23)22(26)28)21(27)25-12-17(13-25)29-16-6-5-9-24-10-16/h5-10,15,17-20H,3-4,11-14H2,1-2H3/t18-,19-,20-,23-/m0/s1. The Morgan fingerprint density at radius 3 is 2.87 bits per heavy atom. The zero-order valence-corrected chi connectivity index (χ0v) is 17.6. The number of pyridine rings is 1. The lowest BCUT2D eigenvalue weighted by Crippen LogP contribution is -2.59. The zero-order chi connectivity index (χ0) is 20.9. The lowest BCUT2D eigenvalue weighted by molar-refractivity contribution is -0.150. The summed E-state index contributed by atoms with van der Waals surface area (Å²) >= 11 is 0. The summed E-state index contributed by atoms with van der Waals surface area (Å²) in [5.41, 5.74) is -0.620. The van der Waals surface area contributed by atoms with Gasteiger partial charge in [-0.05, 0) is 18.1 Å². The third-order valence-corrected chi connectivity index (χ3v) is 7.19. The highest BCUT2D eigenvalue weighted by molar-refractivity contribution is 5.93. The first-order chi connectivity index (χ1) is 14.5. The molecule has 5 rings (SSSR count). The van der Waals surface area contributed by atoms with Crippen molar-refractivity contribution in [1.82, 2.24) is 14.8 Å². The highest BCUT2D eigenvalue weighted by Crippen LogP contribution is 2.52. The maximum atomic E-state index is 13.3. The number of likely N-dealkylation sites (tertiary alicyclic amines) is 2. The largest absolute Gasteiger partial charge is 0.485 e. The molecule has 7 nitrogen and oxygen atoms in total. The van der Waals surface area contributed by atoms with Crippen molar-refractivity contribution < 1.29 is 19.1 Å². The smallest absolute Gasteiger partial charge is 0.230 e. The van der Waals surface area contributed by atoms with Crippen LogP contribution in [0.4, 0.5) is 0 Å². The van der Waals surface area contributed by atoms with Crippen molar-refractivity contribution >= 4 is 11.8 Å². The first-order valence-corrected chi connectivity index (χ1v) is 11.1. The van der Waals surface area contributed by atoms with Crippen LogP contribution in [0.1, 0.15) is 26.7 Å². The average molecular weight is 412 g/mol. The molecular weight excluding hydrogens is 382 g/mol. The summed E-state index contributed by atoms with van der Waals surface area (Å²) < 4.78 is 12.1. The zero-order valence-electron chi connectivity index (χ0n) is 17.6. The number of hydrogen-bond donors (Lipinski definition) is 0. The quantitative estimate of drug-likeness (QED) is 0.641. The molecule has 2 amide bonds. The van der Waals surface area contributed by atoms with Crippen LogP contribution >= 0.6 is 0 Å². The predicted octanol–water partition coefficient (Wildman–Crippen LogP) is 1.89. The fraction of sp³-hybridized carbons (Fsp3) is 0.609. The molecule has 0 saturated carbocycles. The summed E-state index contributed by atoms with van der Waals surface area (Å²) in [6, 6.07) is 3.69. The number of rotatable bonds is 7. The molecular formula is C23H29N3O4. The molecule has 3 fully saturated rings. The van der Waals surface area contributed by atoms with E-state index in [0.717, 1.165) is 19.4 Å². The minimum atomic E-state index is -0.620. The van der Waals surface area contributed by atoms with Gasteiger partial charge in [-0.25, -0.2) is 0 Å². The molecule has 160 valence electrons. The first-order valence-electron chi connectivity index (χ1n) is 11.1. The van der Waals surface area contributed by atoms with Crippen molar-refractivity contribution in [2.45, 2.75) is 44.5 Å². The number of aromatic nitrogens is 1. The van der Waals surface area contributed by atoms with Crippen LogP contribution in [0.25, 0.3) is 0 Å². The van der Waals surface area contributed by atoms with Crippen LogP contribution in [0.3, 0.4) is 0 Å². The minimum absolute atomic E-state index is 0.0139. The Bertz CT molecular complexity index is 849. The Labute approximate surface area is 177 Å². The lowest BCUT2D eigenvalue weighted by atomic mass is 9.76. The van der Waals surface area contributed by atoms with Gasteiger partial charge in [0, 0.05) is 12.7 Å². The molecule has 0 aromatic carbocycles. The molecule has 5 heterocycles. The van der Waals surface area contributed by atoms with Crippen LogP contribution in [-0.4, -0.2) is 70.6 Å². The molecule has 4 aliphatic heterocycles. The van der Waals surface area contributed by atoms with E-state index in [-0.39, 0.29) is 24.0 Å². The molecule has 0 N–H and O–H groups in total. The number of hydrogen-bond acceptors (Lipinski definition) is 5. The molecule has 0 radical (unpaired) electrons. The van der Waals surface area contributed by atoms with Crippen molar-refractivity contribution in [3.8, 4) is 5.75 Å². The second-order valence-electron chi connectivity index (χ2n) is 8.97. The Balaban J connectivity index is 1.25. The van der Waals surface area contributed by atoms with Gasteiger partial charge in [0.1, 0.15) is 17.5 Å². The Morgan fingerprint density at radius 1 is 1.37 bits per heavy atom. The van der Waals surface area contributed by atoms with Crippen LogP contribution in [0.15, 0.2) is 36.7 Å². The Kier molecular flexibility index (Phi) is 4.81. The average Bonchev–Trinajstić information content (AvgIpc) is 3.37. The van der Waals surface area contributed by atoms with Gasteiger partial charge in [-0.15, -0.1) is 0 Å². The molecule has 1 spiro atoms. The SMILES string of the molecule is CCC(CC)CN1C[C@]23C=C[C@H](O2)[C@H](C(=O)N2CC(Oc4cccnc4)C2)[C@H]3C1=O. The highest BCUT2D eigenvalue weighted by Gasteiger charge is 2.67. The third-order valence-electron chi connectivity index (χ3n) is 7.19. The first kappa shape index (κ1) is 19.5. The van der Waals surface area contributed by atoms with Crippen molar-refractivity contribution in [1.29, 1.82) is 0 Å². The molecule has 0 aliphatic carbocycles.